The molecule has 4 heteroatoms. The van der Waals surface area contributed by atoms with Gasteiger partial charge in [0, 0.05) is 6.54 Å². The van der Waals surface area contributed by atoms with Crippen molar-refractivity contribution in [2.75, 3.05) is 11.4 Å². The van der Waals surface area contributed by atoms with Crippen LogP contribution in [0.25, 0.3) is 0 Å². The van der Waals surface area contributed by atoms with Crippen molar-refractivity contribution < 1.29 is 35.9 Å². The van der Waals surface area contributed by atoms with Gasteiger partial charge in [-0.25, -0.2) is 0 Å². The molecule has 0 aliphatic carbocycles. The van der Waals surface area contributed by atoms with Crippen LogP contribution in [0.15, 0.2) is 16.6 Å². The van der Waals surface area contributed by atoms with Gasteiger partial charge in [0.2, 0.25) is 0 Å². The first kappa shape index (κ1) is 13.2. The molecule has 0 aromatic heterocycles. The molecule has 1 aromatic rings. The van der Waals surface area contributed by atoms with Crippen molar-refractivity contribution >= 4 is 27.5 Å². The molecule has 0 spiro atoms. The minimum Gasteiger partial charge on any atom is -0.361 e. The van der Waals surface area contributed by atoms with E-state index in [1.54, 1.807) is 18.2 Å². The molecule has 0 atom stereocenters. The van der Waals surface area contributed by atoms with Gasteiger partial charge in [-0.15, -0.1) is 21.5 Å². The number of benzene rings is 1. The zero-order valence-corrected chi connectivity index (χ0v) is 14.1. The molecule has 0 fully saturated rings. The Bertz CT molecular complexity index is 381. The van der Waals surface area contributed by atoms with Gasteiger partial charge in [0.1, 0.15) is 0 Å². The average molecular weight is 490 g/mol. The SMILES string of the molecule is C[CH-]C(=O)N1CCc2cc(Br)c[c-]c21.[U+2]. The van der Waals surface area contributed by atoms with Crippen LogP contribution >= 0.6 is 15.9 Å². The largest absolute Gasteiger partial charge is 2.00 e. The Kier molecular flexibility index (Phi) is 4.76. The Labute approximate surface area is 122 Å². The number of rotatable bonds is 1. The predicted octanol–water partition coefficient (Wildman–Crippen LogP) is 2.36. The fourth-order valence-electron chi connectivity index (χ4n) is 1.67. The Morgan fingerprint density at radius 3 is 3.07 bits per heavy atom. The second-order valence-corrected chi connectivity index (χ2v) is 4.14. The van der Waals surface area contributed by atoms with Gasteiger partial charge in [-0.1, -0.05) is 16.6 Å². The van der Waals surface area contributed by atoms with Crippen LogP contribution in [-0.2, 0) is 11.2 Å². The van der Waals surface area contributed by atoms with Crippen LogP contribution < -0.4 is 4.90 Å². The number of carbonyl (C=O) groups is 1. The van der Waals surface area contributed by atoms with E-state index in [0.717, 1.165) is 23.1 Å². The molecule has 1 heterocycles. The molecule has 0 saturated carbocycles. The summed E-state index contributed by atoms with van der Waals surface area (Å²) in [5.74, 6) is 0.0577. The number of amides is 1. The summed E-state index contributed by atoms with van der Waals surface area (Å²) in [5, 5.41) is 0. The maximum Gasteiger partial charge on any atom is 2.00 e. The zero-order chi connectivity index (χ0) is 10.1. The Morgan fingerprint density at radius 2 is 2.40 bits per heavy atom. The van der Waals surface area contributed by atoms with Gasteiger partial charge in [0.05, 0.1) is 5.91 Å². The summed E-state index contributed by atoms with van der Waals surface area (Å²) < 4.78 is 1.02. The summed E-state index contributed by atoms with van der Waals surface area (Å²) in [4.78, 5) is 13.3. The first-order valence-electron chi connectivity index (χ1n) is 4.53. The van der Waals surface area contributed by atoms with Crippen molar-refractivity contribution in [1.82, 2.24) is 0 Å². The van der Waals surface area contributed by atoms with Crippen LogP contribution in [0.4, 0.5) is 5.69 Å². The van der Waals surface area contributed by atoms with Crippen molar-refractivity contribution in [2.24, 2.45) is 0 Å². The predicted molar refractivity (Wildman–Crippen MR) is 59.0 cm³/mol. The third-order valence-electron chi connectivity index (χ3n) is 2.35. The van der Waals surface area contributed by atoms with Gasteiger partial charge < -0.3 is 16.1 Å². The summed E-state index contributed by atoms with van der Waals surface area (Å²) >= 11 is 3.40. The number of carbonyl (C=O) groups excluding carboxylic acids is 1. The van der Waals surface area contributed by atoms with Gasteiger partial charge in [0.15, 0.2) is 0 Å². The number of halogens is 1. The minimum absolute atomic E-state index is 0. The average Bonchev–Trinajstić information content (AvgIpc) is 2.59. The smallest absolute Gasteiger partial charge is 0.361 e. The zero-order valence-electron chi connectivity index (χ0n) is 8.38. The van der Waals surface area contributed by atoms with E-state index in [4.69, 9.17) is 0 Å². The molecule has 0 saturated heterocycles. The quantitative estimate of drug-likeness (QED) is 0.554. The van der Waals surface area contributed by atoms with Crippen LogP contribution in [0.1, 0.15) is 12.5 Å². The standard InChI is InChI=1S/C11H10BrNO.U/c1-2-11(14)13-6-5-8-7-9(12)3-4-10(8)13;/h2-3,7H,5-6H2,1H3;/q-2;+2. The van der Waals surface area contributed by atoms with Crippen molar-refractivity contribution in [2.45, 2.75) is 13.3 Å². The summed E-state index contributed by atoms with van der Waals surface area (Å²) in [6.07, 6.45) is 2.51. The molecule has 1 aromatic carbocycles. The van der Waals surface area contributed by atoms with E-state index in [1.165, 1.54) is 5.56 Å². The molecule has 0 radical (unpaired) electrons. The van der Waals surface area contributed by atoms with E-state index < -0.39 is 0 Å². The molecule has 1 aliphatic rings. The molecule has 2 nitrogen and oxygen atoms in total. The van der Waals surface area contributed by atoms with Crippen molar-refractivity contribution in [1.29, 1.82) is 0 Å². The first-order chi connectivity index (χ1) is 6.72. The second-order valence-electron chi connectivity index (χ2n) is 3.22. The molecule has 0 unspecified atom stereocenters. The van der Waals surface area contributed by atoms with Gasteiger partial charge >= 0.3 is 31.1 Å². The Balaban J connectivity index is 0.00000112. The molecular formula is C11H10BrNOU. The summed E-state index contributed by atoms with van der Waals surface area (Å²) in [6, 6.07) is 7.02. The van der Waals surface area contributed by atoms with Crippen molar-refractivity contribution in [3.8, 4) is 0 Å². The molecular weight excluding hydrogens is 480 g/mol. The third kappa shape index (κ3) is 2.61. The van der Waals surface area contributed by atoms with E-state index in [9.17, 15) is 4.79 Å². The minimum atomic E-state index is 0. The number of hydrogen-bond acceptors (Lipinski definition) is 1. The van der Waals surface area contributed by atoms with Crippen LogP contribution in [0.2, 0.25) is 0 Å². The molecule has 1 aliphatic heterocycles. The van der Waals surface area contributed by atoms with Gasteiger partial charge in [-0.05, 0) is 0 Å². The summed E-state index contributed by atoms with van der Waals surface area (Å²) in [6.45, 7) is 2.53. The molecule has 0 N–H and O–H groups in total. The van der Waals surface area contributed by atoms with Crippen LogP contribution in [0.5, 0.6) is 0 Å². The normalized spacial score (nSPS) is 13.1. The van der Waals surface area contributed by atoms with E-state index in [0.29, 0.717) is 0 Å². The van der Waals surface area contributed by atoms with Gasteiger partial charge in [0.25, 0.3) is 0 Å². The topological polar surface area (TPSA) is 20.3 Å². The molecule has 0 bridgehead atoms. The number of anilines is 1. The number of hydrogen-bond donors (Lipinski definition) is 0. The first-order valence-corrected chi connectivity index (χ1v) is 5.32. The van der Waals surface area contributed by atoms with Crippen LogP contribution in [0, 0.1) is 43.6 Å². The van der Waals surface area contributed by atoms with E-state index >= 15 is 0 Å². The monoisotopic (exact) mass is 489 g/mol. The summed E-state index contributed by atoms with van der Waals surface area (Å²) in [7, 11) is 0. The molecule has 2 rings (SSSR count). The second kappa shape index (κ2) is 5.43. The van der Waals surface area contributed by atoms with Gasteiger partial charge in [-0.2, -0.15) is 25.1 Å². The molecule has 76 valence electrons. The summed E-state index contributed by atoms with van der Waals surface area (Å²) in [5.41, 5.74) is 2.12. The van der Waals surface area contributed by atoms with Crippen molar-refractivity contribution in [3.63, 3.8) is 0 Å². The maximum atomic E-state index is 11.5. The molecule has 15 heavy (non-hydrogen) atoms. The van der Waals surface area contributed by atoms with Gasteiger partial charge in [-0.3, -0.25) is 0 Å². The molecule has 1 amide bonds. The number of nitrogens with zero attached hydrogens (tertiary/aromatic N) is 1. The number of fused-ring (bicyclic) bond motifs is 1. The Morgan fingerprint density at radius 1 is 1.67 bits per heavy atom. The van der Waals surface area contributed by atoms with Crippen LogP contribution in [0.3, 0.4) is 0 Å². The maximum absolute atomic E-state index is 11.5. The Hall–Kier alpha value is 0.0919. The van der Waals surface area contributed by atoms with Crippen molar-refractivity contribution in [3.05, 3.63) is 34.7 Å². The fourth-order valence-corrected chi connectivity index (χ4v) is 2.06. The van der Waals surface area contributed by atoms with E-state index in [-0.39, 0.29) is 37.0 Å². The van der Waals surface area contributed by atoms with E-state index in [1.807, 2.05) is 6.07 Å². The van der Waals surface area contributed by atoms with Crippen LogP contribution in [-0.4, -0.2) is 12.5 Å². The van der Waals surface area contributed by atoms with E-state index in [2.05, 4.69) is 28.1 Å². The fraction of sp³-hybridized carbons (Fsp3) is 0.273. The third-order valence-corrected chi connectivity index (χ3v) is 2.81.